The van der Waals surface area contributed by atoms with Crippen LogP contribution in [0.2, 0.25) is 15.1 Å². The van der Waals surface area contributed by atoms with E-state index in [0.717, 1.165) is 12.8 Å². The van der Waals surface area contributed by atoms with Gasteiger partial charge in [0.15, 0.2) is 0 Å². The predicted octanol–water partition coefficient (Wildman–Crippen LogP) is 6.24. The summed E-state index contributed by atoms with van der Waals surface area (Å²) < 4.78 is -1.30. The molecule has 2 aromatic rings. The van der Waals surface area contributed by atoms with Crippen LogP contribution in [0.25, 0.3) is 0 Å². The van der Waals surface area contributed by atoms with E-state index in [0.29, 0.717) is 33.8 Å². The van der Waals surface area contributed by atoms with Crippen LogP contribution in [0.15, 0.2) is 36.4 Å². The van der Waals surface area contributed by atoms with E-state index in [-0.39, 0.29) is 10.6 Å². The Labute approximate surface area is 204 Å². The third kappa shape index (κ3) is 5.24. The van der Waals surface area contributed by atoms with Gasteiger partial charge in [-0.05, 0) is 60.7 Å². The number of hydrogen-bond donors (Lipinski definition) is 2. The zero-order valence-electron chi connectivity index (χ0n) is 15.9. The normalized spacial score (nSPS) is 21.5. The first-order valence-corrected chi connectivity index (χ1v) is 11.4. The number of rotatable bonds is 7. The van der Waals surface area contributed by atoms with Crippen LogP contribution in [0.3, 0.4) is 0 Å². The van der Waals surface area contributed by atoms with Gasteiger partial charge in [0.05, 0.1) is 23.1 Å². The highest BCUT2D eigenvalue weighted by Gasteiger charge is 2.67. The highest BCUT2D eigenvalue weighted by atomic mass is 35.5. The lowest BCUT2D eigenvalue weighted by atomic mass is 10.1. The average molecular weight is 523 g/mol. The van der Waals surface area contributed by atoms with Crippen molar-refractivity contribution >= 4 is 75.5 Å². The molecule has 2 fully saturated rings. The van der Waals surface area contributed by atoms with E-state index in [2.05, 4.69) is 10.8 Å². The van der Waals surface area contributed by atoms with Crippen LogP contribution in [0.5, 0.6) is 0 Å². The van der Waals surface area contributed by atoms with Gasteiger partial charge in [0, 0.05) is 21.7 Å². The molecule has 2 atom stereocenters. The van der Waals surface area contributed by atoms with E-state index >= 15 is 0 Å². The fraction of sp³-hybridized carbons (Fsp3) is 0.333. The van der Waals surface area contributed by atoms with Crippen LogP contribution in [0, 0.1) is 11.8 Å². The summed E-state index contributed by atoms with van der Waals surface area (Å²) in [5.74, 6) is -1.60. The minimum Gasteiger partial charge on any atom is -0.326 e. The molecule has 0 radical (unpaired) electrons. The smallest absolute Gasteiger partial charge is 0.276 e. The van der Waals surface area contributed by atoms with Crippen LogP contribution in [0.4, 0.5) is 5.69 Å². The van der Waals surface area contributed by atoms with Gasteiger partial charge < -0.3 is 5.32 Å². The molecule has 2 saturated carbocycles. The summed E-state index contributed by atoms with van der Waals surface area (Å²) in [7, 11) is 0. The molecule has 0 saturated heterocycles. The SMILES string of the molecule is O=C(NOCC1CC1)c1cc(NC(=O)C2C(c3cc(Cl)cc(Cl)c3)C2(Cl)Cl)ccc1Cl. The van der Waals surface area contributed by atoms with Gasteiger partial charge in [0.1, 0.15) is 4.33 Å². The van der Waals surface area contributed by atoms with Crippen molar-refractivity contribution in [3.8, 4) is 0 Å². The van der Waals surface area contributed by atoms with Gasteiger partial charge in [0.2, 0.25) is 5.91 Å². The second-order valence-corrected chi connectivity index (χ2v) is 10.4. The molecule has 2 unspecified atom stereocenters. The molecule has 0 bridgehead atoms. The third-order valence-corrected chi connectivity index (χ3v) is 6.95. The van der Waals surface area contributed by atoms with Crippen molar-refractivity contribution in [2.24, 2.45) is 11.8 Å². The Morgan fingerprint density at radius 3 is 2.35 bits per heavy atom. The molecule has 2 aliphatic rings. The Morgan fingerprint density at radius 1 is 1.03 bits per heavy atom. The lowest BCUT2D eigenvalue weighted by molar-refractivity contribution is -0.117. The first-order chi connectivity index (χ1) is 14.7. The molecule has 2 N–H and O–H groups in total. The van der Waals surface area contributed by atoms with E-state index in [1.54, 1.807) is 24.3 Å². The van der Waals surface area contributed by atoms with Crippen molar-refractivity contribution in [2.75, 3.05) is 11.9 Å². The summed E-state index contributed by atoms with van der Waals surface area (Å²) >= 11 is 31.0. The molecule has 164 valence electrons. The molecular weight excluding hydrogens is 506 g/mol. The van der Waals surface area contributed by atoms with E-state index in [9.17, 15) is 9.59 Å². The Bertz CT molecular complexity index is 1020. The van der Waals surface area contributed by atoms with E-state index in [1.807, 2.05) is 0 Å². The maximum atomic E-state index is 12.9. The maximum Gasteiger partial charge on any atom is 0.276 e. The number of benzene rings is 2. The van der Waals surface area contributed by atoms with Gasteiger partial charge in [-0.1, -0.05) is 34.8 Å². The monoisotopic (exact) mass is 520 g/mol. The lowest BCUT2D eigenvalue weighted by Gasteiger charge is -2.10. The van der Waals surface area contributed by atoms with Crippen LogP contribution >= 0.6 is 58.0 Å². The minimum absolute atomic E-state index is 0.173. The summed E-state index contributed by atoms with van der Waals surface area (Å²) in [6.45, 7) is 0.462. The van der Waals surface area contributed by atoms with E-state index in [4.69, 9.17) is 62.8 Å². The van der Waals surface area contributed by atoms with Gasteiger partial charge in [-0.15, -0.1) is 23.2 Å². The highest BCUT2D eigenvalue weighted by molar-refractivity contribution is 6.53. The van der Waals surface area contributed by atoms with E-state index < -0.39 is 28.0 Å². The summed E-state index contributed by atoms with van der Waals surface area (Å²) in [6.07, 6.45) is 2.20. The fourth-order valence-electron chi connectivity index (χ4n) is 3.38. The number of nitrogens with one attached hydrogen (secondary N) is 2. The molecule has 5 nitrogen and oxygen atoms in total. The number of carbonyl (C=O) groups is 2. The van der Waals surface area contributed by atoms with Crippen molar-refractivity contribution in [3.05, 3.63) is 62.6 Å². The summed E-state index contributed by atoms with van der Waals surface area (Å²) in [4.78, 5) is 30.4. The quantitative estimate of drug-likeness (QED) is 0.334. The standard InChI is InChI=1S/C21H17Cl5N2O3/c22-12-5-11(6-13(23)7-12)17-18(21(17,25)26)20(30)27-14-3-4-16(24)15(8-14)19(29)28-31-9-10-1-2-10/h3-8,10,17-18H,1-2,9H2,(H,27,30)(H,28,29). The predicted molar refractivity (Wildman–Crippen MR) is 123 cm³/mol. The fourth-order valence-corrected chi connectivity index (χ4v) is 4.96. The van der Waals surface area contributed by atoms with Crippen LogP contribution < -0.4 is 10.8 Å². The largest absolute Gasteiger partial charge is 0.326 e. The molecule has 0 spiro atoms. The zero-order valence-corrected chi connectivity index (χ0v) is 19.7. The number of anilines is 1. The molecule has 2 aromatic carbocycles. The third-order valence-electron chi connectivity index (χ3n) is 5.24. The highest BCUT2D eigenvalue weighted by Crippen LogP contribution is 2.65. The van der Waals surface area contributed by atoms with Crippen LogP contribution in [0.1, 0.15) is 34.7 Å². The molecule has 0 aliphatic heterocycles. The van der Waals surface area contributed by atoms with E-state index in [1.165, 1.54) is 12.1 Å². The molecule has 0 heterocycles. The Morgan fingerprint density at radius 2 is 1.71 bits per heavy atom. The molecule has 0 aromatic heterocycles. The van der Waals surface area contributed by atoms with Gasteiger partial charge in [-0.2, -0.15) is 0 Å². The van der Waals surface area contributed by atoms with Crippen LogP contribution in [-0.2, 0) is 9.63 Å². The Balaban J connectivity index is 1.45. The first-order valence-electron chi connectivity index (χ1n) is 9.53. The molecular formula is C21H17Cl5N2O3. The van der Waals surface area contributed by atoms with Crippen molar-refractivity contribution in [3.63, 3.8) is 0 Å². The maximum absolute atomic E-state index is 12.9. The summed E-state index contributed by atoms with van der Waals surface area (Å²) in [6, 6.07) is 9.51. The Hall–Kier alpha value is -1.21. The summed E-state index contributed by atoms with van der Waals surface area (Å²) in [5, 5.41) is 3.82. The first kappa shape index (κ1) is 23.0. The molecule has 10 heteroatoms. The van der Waals surface area contributed by atoms with Gasteiger partial charge in [-0.25, -0.2) is 5.48 Å². The molecule has 31 heavy (non-hydrogen) atoms. The second-order valence-electron chi connectivity index (χ2n) is 7.70. The number of alkyl halides is 2. The van der Waals surface area contributed by atoms with Gasteiger partial charge >= 0.3 is 0 Å². The van der Waals surface area contributed by atoms with Crippen molar-refractivity contribution in [1.29, 1.82) is 0 Å². The number of carbonyl (C=O) groups excluding carboxylic acids is 2. The number of amides is 2. The molecule has 2 amide bonds. The zero-order chi connectivity index (χ0) is 22.3. The molecule has 4 rings (SSSR count). The Kier molecular flexibility index (Phi) is 6.64. The number of hydroxylamine groups is 1. The topological polar surface area (TPSA) is 67.4 Å². The van der Waals surface area contributed by atoms with Crippen molar-refractivity contribution in [1.82, 2.24) is 5.48 Å². The number of hydrogen-bond acceptors (Lipinski definition) is 3. The second kappa shape index (κ2) is 8.97. The van der Waals surface area contributed by atoms with Crippen molar-refractivity contribution in [2.45, 2.75) is 23.1 Å². The number of halogens is 5. The summed E-state index contributed by atoms with van der Waals surface area (Å²) in [5.41, 5.74) is 3.60. The average Bonchev–Trinajstić information content (AvgIpc) is 3.58. The lowest BCUT2D eigenvalue weighted by Crippen LogP contribution is -2.25. The molecule has 2 aliphatic carbocycles. The van der Waals surface area contributed by atoms with Gasteiger partial charge in [-0.3, -0.25) is 14.4 Å². The van der Waals surface area contributed by atoms with Crippen LogP contribution in [-0.4, -0.2) is 22.8 Å². The van der Waals surface area contributed by atoms with Crippen molar-refractivity contribution < 1.29 is 14.4 Å². The minimum atomic E-state index is -1.30. The van der Waals surface area contributed by atoms with Gasteiger partial charge in [0.25, 0.3) is 5.91 Å².